The van der Waals surface area contributed by atoms with Gasteiger partial charge in [-0.15, -0.1) is 0 Å². The lowest BCUT2D eigenvalue weighted by molar-refractivity contribution is 0.0677. The monoisotopic (exact) mass is 536 g/mol. The van der Waals surface area contributed by atoms with Crippen LogP contribution in [0.4, 0.5) is 0 Å². The molecule has 2 heterocycles. The van der Waals surface area contributed by atoms with Crippen LogP contribution in [0.3, 0.4) is 0 Å². The smallest absolute Gasteiger partial charge is 0.261 e. The van der Waals surface area contributed by atoms with E-state index in [0.717, 1.165) is 19.6 Å². The van der Waals surface area contributed by atoms with Crippen LogP contribution in [0.5, 0.6) is 23.0 Å². The van der Waals surface area contributed by atoms with Gasteiger partial charge in [0.1, 0.15) is 23.0 Å². The molecular weight excluding hydrogens is 516 g/mol. The lowest BCUT2D eigenvalue weighted by Crippen LogP contribution is -2.24. The molecule has 0 aromatic heterocycles. The van der Waals surface area contributed by atoms with Crippen LogP contribution in [0.2, 0.25) is 0 Å². The highest BCUT2D eigenvalue weighted by atomic mass is 32.2. The highest BCUT2D eigenvalue weighted by Gasteiger charge is 2.34. The van der Waals surface area contributed by atoms with Crippen molar-refractivity contribution in [1.29, 1.82) is 0 Å². The molecule has 2 aliphatic heterocycles. The zero-order valence-corrected chi connectivity index (χ0v) is 21.7. The Bertz CT molecular complexity index is 1560. The number of rotatable bonds is 6. The molecule has 192 valence electrons. The van der Waals surface area contributed by atoms with Crippen LogP contribution in [-0.2, 0) is 0 Å². The SMILES string of the molecule is CN1C(=O)c2ccc(Oc3ccc(Sc4ccc(Oc5ccc6c(c5)C(=O)N(C)C6=O)cc4)cc3)cc2C1=O. The third kappa shape index (κ3) is 4.42. The summed E-state index contributed by atoms with van der Waals surface area (Å²) in [5.74, 6) is 0.870. The zero-order valence-electron chi connectivity index (χ0n) is 20.8. The second kappa shape index (κ2) is 9.45. The molecule has 0 fully saturated rings. The first-order valence-electron chi connectivity index (χ1n) is 11.9. The van der Waals surface area contributed by atoms with E-state index in [9.17, 15) is 19.2 Å². The molecule has 8 nitrogen and oxygen atoms in total. The molecule has 4 amide bonds. The van der Waals surface area contributed by atoms with Crippen LogP contribution in [-0.4, -0.2) is 47.5 Å². The fraction of sp³-hybridized carbons (Fsp3) is 0.0667. The normalized spacial score (nSPS) is 14.1. The maximum absolute atomic E-state index is 12.2. The predicted octanol–water partition coefficient (Wildman–Crippen LogP) is 5.87. The fourth-order valence-electron chi connectivity index (χ4n) is 4.37. The van der Waals surface area contributed by atoms with E-state index in [2.05, 4.69) is 0 Å². The number of ether oxygens (including phenoxy) is 2. The Morgan fingerprint density at radius 2 is 0.795 bits per heavy atom. The van der Waals surface area contributed by atoms with Crippen molar-refractivity contribution >= 4 is 35.4 Å². The summed E-state index contributed by atoms with van der Waals surface area (Å²) in [7, 11) is 2.92. The largest absolute Gasteiger partial charge is 0.457 e. The van der Waals surface area contributed by atoms with Crippen LogP contribution in [0.15, 0.2) is 94.7 Å². The minimum Gasteiger partial charge on any atom is -0.457 e. The van der Waals surface area contributed by atoms with Crippen molar-refractivity contribution in [3.63, 3.8) is 0 Å². The first kappa shape index (κ1) is 24.4. The van der Waals surface area contributed by atoms with Crippen molar-refractivity contribution in [2.24, 2.45) is 0 Å². The van der Waals surface area contributed by atoms with Crippen molar-refractivity contribution < 1.29 is 28.7 Å². The molecule has 0 saturated heterocycles. The number of carbonyl (C=O) groups is 4. The third-order valence-corrected chi connectivity index (χ3v) is 7.49. The molecule has 0 N–H and O–H groups in total. The lowest BCUT2D eigenvalue weighted by atomic mass is 10.1. The van der Waals surface area contributed by atoms with Gasteiger partial charge in [0, 0.05) is 23.9 Å². The number of imide groups is 2. The molecule has 2 aliphatic rings. The van der Waals surface area contributed by atoms with E-state index in [1.807, 2.05) is 48.5 Å². The van der Waals surface area contributed by atoms with E-state index in [1.54, 1.807) is 48.2 Å². The summed E-state index contributed by atoms with van der Waals surface area (Å²) in [6.45, 7) is 0. The highest BCUT2D eigenvalue weighted by molar-refractivity contribution is 7.99. The van der Waals surface area contributed by atoms with E-state index in [-0.39, 0.29) is 23.6 Å². The van der Waals surface area contributed by atoms with Gasteiger partial charge in [0.15, 0.2) is 0 Å². The van der Waals surface area contributed by atoms with Gasteiger partial charge in [-0.1, -0.05) is 11.8 Å². The Kier molecular flexibility index (Phi) is 5.92. The average molecular weight is 537 g/mol. The van der Waals surface area contributed by atoms with E-state index in [1.165, 1.54) is 14.1 Å². The van der Waals surface area contributed by atoms with E-state index >= 15 is 0 Å². The summed E-state index contributed by atoms with van der Waals surface area (Å²) in [5, 5.41) is 0. The number of nitrogens with zero attached hydrogens (tertiary/aromatic N) is 2. The number of fused-ring (bicyclic) bond motifs is 2. The van der Waals surface area contributed by atoms with Gasteiger partial charge >= 0.3 is 0 Å². The van der Waals surface area contributed by atoms with E-state index < -0.39 is 0 Å². The standard InChI is InChI=1S/C30H20N2O6S/c1-31-27(33)23-13-7-19(15-25(23)29(31)35)37-17-3-9-21(10-4-17)39-22-11-5-18(6-12-22)38-20-8-14-24-26(16-20)30(36)32(2)28(24)34/h3-16H,1-2H3. The summed E-state index contributed by atoms with van der Waals surface area (Å²) in [6, 6.07) is 24.8. The maximum Gasteiger partial charge on any atom is 0.261 e. The van der Waals surface area contributed by atoms with Crippen molar-refractivity contribution in [2.75, 3.05) is 14.1 Å². The van der Waals surface area contributed by atoms with E-state index in [4.69, 9.17) is 9.47 Å². The molecule has 0 saturated carbocycles. The van der Waals surface area contributed by atoms with Crippen LogP contribution >= 0.6 is 11.8 Å². The molecule has 0 atom stereocenters. The van der Waals surface area contributed by atoms with Crippen molar-refractivity contribution in [2.45, 2.75) is 9.79 Å². The van der Waals surface area contributed by atoms with Gasteiger partial charge in [-0.3, -0.25) is 29.0 Å². The molecular formula is C30H20N2O6S. The Hall–Kier alpha value is -4.89. The van der Waals surface area contributed by atoms with Crippen LogP contribution in [0.25, 0.3) is 0 Å². The van der Waals surface area contributed by atoms with Crippen LogP contribution < -0.4 is 9.47 Å². The molecule has 6 rings (SSSR count). The van der Waals surface area contributed by atoms with Gasteiger partial charge in [0.2, 0.25) is 0 Å². The summed E-state index contributed by atoms with van der Waals surface area (Å²) in [4.78, 5) is 52.8. The third-order valence-electron chi connectivity index (χ3n) is 6.48. The summed E-state index contributed by atoms with van der Waals surface area (Å²) in [5.41, 5.74) is 1.44. The minimum absolute atomic E-state index is 0.312. The zero-order chi connectivity index (χ0) is 27.3. The second-order valence-electron chi connectivity index (χ2n) is 9.00. The molecule has 39 heavy (non-hydrogen) atoms. The number of carbonyl (C=O) groups excluding carboxylic acids is 4. The minimum atomic E-state index is -0.338. The summed E-state index contributed by atoms with van der Waals surface area (Å²) < 4.78 is 11.8. The quantitative estimate of drug-likeness (QED) is 0.284. The van der Waals surface area contributed by atoms with Gasteiger partial charge in [0.05, 0.1) is 22.3 Å². The molecule has 0 aliphatic carbocycles. The maximum atomic E-state index is 12.2. The predicted molar refractivity (Wildman–Crippen MR) is 143 cm³/mol. The van der Waals surface area contributed by atoms with Gasteiger partial charge in [-0.2, -0.15) is 0 Å². The molecule has 0 radical (unpaired) electrons. The lowest BCUT2D eigenvalue weighted by Gasteiger charge is -2.09. The Morgan fingerprint density at radius 3 is 1.18 bits per heavy atom. The fourth-order valence-corrected chi connectivity index (χ4v) is 5.18. The summed E-state index contributed by atoms with van der Waals surface area (Å²) in [6.07, 6.45) is 0. The van der Waals surface area contributed by atoms with Gasteiger partial charge < -0.3 is 9.47 Å². The summed E-state index contributed by atoms with van der Waals surface area (Å²) >= 11 is 1.57. The molecule has 4 aromatic carbocycles. The van der Waals surface area contributed by atoms with Crippen molar-refractivity contribution in [1.82, 2.24) is 9.80 Å². The Balaban J connectivity index is 1.09. The Labute approximate surface area is 227 Å². The van der Waals surface area contributed by atoms with E-state index in [0.29, 0.717) is 45.3 Å². The number of amides is 4. The molecule has 0 spiro atoms. The molecule has 9 heteroatoms. The first-order chi connectivity index (χ1) is 18.8. The van der Waals surface area contributed by atoms with Crippen LogP contribution in [0.1, 0.15) is 41.4 Å². The molecule has 0 unspecified atom stereocenters. The van der Waals surface area contributed by atoms with Gasteiger partial charge in [0.25, 0.3) is 23.6 Å². The van der Waals surface area contributed by atoms with Gasteiger partial charge in [-0.05, 0) is 84.9 Å². The first-order valence-corrected chi connectivity index (χ1v) is 12.8. The topological polar surface area (TPSA) is 93.2 Å². The molecule has 0 bridgehead atoms. The number of benzene rings is 4. The average Bonchev–Trinajstić information content (AvgIpc) is 3.30. The van der Waals surface area contributed by atoms with Crippen LogP contribution in [0, 0.1) is 0 Å². The van der Waals surface area contributed by atoms with Gasteiger partial charge in [-0.25, -0.2) is 0 Å². The van der Waals surface area contributed by atoms with Crippen molar-refractivity contribution in [3.05, 3.63) is 107 Å². The van der Waals surface area contributed by atoms with Crippen molar-refractivity contribution in [3.8, 4) is 23.0 Å². The Morgan fingerprint density at radius 1 is 0.462 bits per heavy atom. The highest BCUT2D eigenvalue weighted by Crippen LogP contribution is 2.34. The second-order valence-corrected chi connectivity index (χ2v) is 10.1. The number of hydrogen-bond donors (Lipinski definition) is 0. The number of hydrogen-bond acceptors (Lipinski definition) is 7. The molecule has 4 aromatic rings.